The van der Waals surface area contributed by atoms with Crippen LogP contribution in [0.15, 0.2) is 52.3 Å². The Morgan fingerprint density at radius 3 is 2.12 bits per heavy atom. The van der Waals surface area contributed by atoms with Crippen LogP contribution in [0.1, 0.15) is 48.9 Å². The van der Waals surface area contributed by atoms with Gasteiger partial charge in [-0.05, 0) is 92.7 Å². The van der Waals surface area contributed by atoms with E-state index in [0.717, 1.165) is 19.3 Å². The number of halogens is 1. The van der Waals surface area contributed by atoms with E-state index in [0.29, 0.717) is 17.8 Å². The van der Waals surface area contributed by atoms with Crippen molar-refractivity contribution in [2.75, 3.05) is 5.32 Å². The van der Waals surface area contributed by atoms with Crippen molar-refractivity contribution in [2.24, 2.45) is 22.9 Å². The fraction of sp³-hybridized carbons (Fsp3) is 0.435. The zero-order valence-electron chi connectivity index (χ0n) is 18.3. The number of hydrogen-bond donors (Lipinski definition) is 3. The molecule has 0 unspecified atom stereocenters. The molecule has 0 aliphatic heterocycles. The molecule has 11 heteroatoms. The van der Waals surface area contributed by atoms with Gasteiger partial charge in [-0.3, -0.25) is 4.79 Å². The van der Waals surface area contributed by atoms with E-state index in [1.54, 1.807) is 0 Å². The SMILES string of the molecule is NS(=O)(=O)c1cccc(NC(=O)c2cc(S(=O)(=O)NC34CC5CC(CC(C5)C3)C4)ccc2Cl)c1. The summed E-state index contributed by atoms with van der Waals surface area (Å²) in [5, 5.41) is 7.78. The van der Waals surface area contributed by atoms with Crippen molar-refractivity contribution in [2.45, 2.75) is 53.9 Å². The molecule has 0 spiro atoms. The third kappa shape index (κ3) is 4.61. The second-order valence-corrected chi connectivity index (χ2v) is 13.6. The second kappa shape index (κ2) is 8.30. The molecule has 0 radical (unpaired) electrons. The van der Waals surface area contributed by atoms with Crippen molar-refractivity contribution in [1.29, 1.82) is 0 Å². The molecule has 0 saturated heterocycles. The Hall–Kier alpha value is -1.98. The van der Waals surface area contributed by atoms with Crippen molar-refractivity contribution in [3.8, 4) is 0 Å². The maximum atomic E-state index is 13.3. The maximum absolute atomic E-state index is 13.3. The van der Waals surface area contributed by atoms with Gasteiger partial charge in [-0.2, -0.15) is 0 Å². The minimum absolute atomic E-state index is 0.0314. The lowest BCUT2D eigenvalue weighted by Crippen LogP contribution is -2.59. The van der Waals surface area contributed by atoms with Gasteiger partial charge in [0, 0.05) is 11.2 Å². The summed E-state index contributed by atoms with van der Waals surface area (Å²) >= 11 is 6.22. The molecule has 4 bridgehead atoms. The van der Waals surface area contributed by atoms with Gasteiger partial charge in [0.25, 0.3) is 5.91 Å². The summed E-state index contributed by atoms with van der Waals surface area (Å²) in [6.07, 6.45) is 6.16. The molecule has 8 nitrogen and oxygen atoms in total. The van der Waals surface area contributed by atoms with Crippen molar-refractivity contribution in [3.63, 3.8) is 0 Å². The number of sulfonamides is 2. The predicted octanol–water partition coefficient (Wildman–Crippen LogP) is 3.49. The van der Waals surface area contributed by atoms with E-state index >= 15 is 0 Å². The third-order valence-corrected chi connectivity index (χ3v) is 10.1. The molecular weight excluding hydrogens is 498 g/mol. The molecule has 1 amide bonds. The van der Waals surface area contributed by atoms with Gasteiger partial charge >= 0.3 is 0 Å². The van der Waals surface area contributed by atoms with E-state index in [1.807, 2.05) is 0 Å². The van der Waals surface area contributed by atoms with Crippen LogP contribution >= 0.6 is 11.6 Å². The monoisotopic (exact) mass is 523 g/mol. The topological polar surface area (TPSA) is 135 Å². The first-order valence-corrected chi connectivity index (χ1v) is 14.6. The van der Waals surface area contributed by atoms with Crippen LogP contribution in [0, 0.1) is 17.8 Å². The molecule has 0 heterocycles. The van der Waals surface area contributed by atoms with Crippen LogP contribution in [-0.4, -0.2) is 28.3 Å². The largest absolute Gasteiger partial charge is 0.322 e. The Morgan fingerprint density at radius 2 is 1.53 bits per heavy atom. The molecule has 0 aromatic heterocycles. The smallest absolute Gasteiger partial charge is 0.257 e. The second-order valence-electron chi connectivity index (χ2n) is 9.97. The molecule has 4 aliphatic carbocycles. The van der Waals surface area contributed by atoms with Gasteiger partial charge in [-0.15, -0.1) is 0 Å². The molecule has 0 atom stereocenters. The summed E-state index contributed by atoms with van der Waals surface area (Å²) in [5.74, 6) is 1.07. The van der Waals surface area contributed by atoms with Crippen LogP contribution in [-0.2, 0) is 20.0 Å². The van der Waals surface area contributed by atoms with Gasteiger partial charge < -0.3 is 5.32 Å². The number of nitrogens with two attached hydrogens (primary N) is 1. The number of hydrogen-bond acceptors (Lipinski definition) is 5. The summed E-state index contributed by atoms with van der Waals surface area (Å²) in [5.41, 5.74) is -0.257. The molecule has 2 aromatic rings. The van der Waals surface area contributed by atoms with E-state index in [1.165, 1.54) is 61.7 Å². The van der Waals surface area contributed by atoms with Gasteiger partial charge in [0.05, 0.1) is 20.4 Å². The van der Waals surface area contributed by atoms with Crippen molar-refractivity contribution in [1.82, 2.24) is 4.72 Å². The third-order valence-electron chi connectivity index (χ3n) is 7.30. The average Bonchev–Trinajstić information content (AvgIpc) is 2.71. The number of carbonyl (C=O) groups excluding carboxylic acids is 1. The Kier molecular flexibility index (Phi) is 5.80. The Balaban J connectivity index is 1.39. The van der Waals surface area contributed by atoms with Gasteiger partial charge in [0.2, 0.25) is 20.0 Å². The molecule has 4 aliphatic rings. The number of rotatable bonds is 6. The minimum Gasteiger partial charge on any atom is -0.322 e. The lowest BCUT2D eigenvalue weighted by atomic mass is 9.53. The first-order chi connectivity index (χ1) is 15.9. The van der Waals surface area contributed by atoms with Crippen LogP contribution in [0.2, 0.25) is 5.02 Å². The van der Waals surface area contributed by atoms with E-state index in [4.69, 9.17) is 16.7 Å². The number of benzene rings is 2. The molecule has 6 rings (SSSR count). The van der Waals surface area contributed by atoms with Crippen LogP contribution in [0.5, 0.6) is 0 Å². The van der Waals surface area contributed by atoms with Crippen molar-refractivity contribution < 1.29 is 21.6 Å². The Morgan fingerprint density at radius 1 is 0.912 bits per heavy atom. The van der Waals surface area contributed by atoms with Gasteiger partial charge in [0.1, 0.15) is 0 Å². The first kappa shape index (κ1) is 23.7. The van der Waals surface area contributed by atoms with E-state index in [2.05, 4.69) is 10.0 Å². The number of primary sulfonamides is 1. The highest BCUT2D eigenvalue weighted by molar-refractivity contribution is 7.89. The van der Waals surface area contributed by atoms with Crippen molar-refractivity contribution >= 4 is 43.2 Å². The fourth-order valence-electron chi connectivity index (χ4n) is 6.37. The quantitative estimate of drug-likeness (QED) is 0.532. The van der Waals surface area contributed by atoms with Crippen LogP contribution in [0.3, 0.4) is 0 Å². The standard InChI is InChI=1S/C23H26ClN3O5S2/c24-21-5-4-19(10-20(21)22(28)26-17-2-1-3-18(9-17)33(25,29)30)34(31,32)27-23-11-14-6-15(12-23)8-16(7-14)13-23/h1-5,9-10,14-16,27H,6-8,11-13H2,(H,26,28)(H2,25,29,30). The van der Waals surface area contributed by atoms with Crippen LogP contribution in [0.4, 0.5) is 5.69 Å². The molecule has 2 aromatic carbocycles. The summed E-state index contributed by atoms with van der Waals surface area (Å²) in [4.78, 5) is 12.7. The van der Waals surface area contributed by atoms with Gasteiger partial charge in [-0.1, -0.05) is 17.7 Å². The number of anilines is 1. The summed E-state index contributed by atoms with van der Waals surface area (Å²) in [6, 6.07) is 9.49. The van der Waals surface area contributed by atoms with E-state index in [-0.39, 0.29) is 26.1 Å². The van der Waals surface area contributed by atoms with E-state index < -0.39 is 31.5 Å². The zero-order chi connectivity index (χ0) is 24.3. The number of carbonyl (C=O) groups is 1. The maximum Gasteiger partial charge on any atom is 0.257 e. The lowest BCUT2D eigenvalue weighted by Gasteiger charge is -2.56. The van der Waals surface area contributed by atoms with Gasteiger partial charge in [0.15, 0.2) is 0 Å². The van der Waals surface area contributed by atoms with Gasteiger partial charge in [-0.25, -0.2) is 26.7 Å². The summed E-state index contributed by atoms with van der Waals surface area (Å²) < 4.78 is 52.9. The highest BCUT2D eigenvalue weighted by atomic mass is 35.5. The average molecular weight is 524 g/mol. The van der Waals surface area contributed by atoms with Crippen LogP contribution in [0.25, 0.3) is 0 Å². The first-order valence-electron chi connectivity index (χ1n) is 11.2. The minimum atomic E-state index is -3.95. The van der Waals surface area contributed by atoms with Crippen LogP contribution < -0.4 is 15.2 Å². The lowest BCUT2D eigenvalue weighted by molar-refractivity contribution is -0.00810. The fourth-order valence-corrected chi connectivity index (χ4v) is 8.60. The number of nitrogens with one attached hydrogen (secondary N) is 2. The molecule has 4 fully saturated rings. The molecule has 4 saturated carbocycles. The Labute approximate surface area is 204 Å². The molecule has 34 heavy (non-hydrogen) atoms. The normalized spacial score (nSPS) is 28.1. The molecular formula is C23H26ClN3O5S2. The van der Waals surface area contributed by atoms with E-state index in [9.17, 15) is 21.6 Å². The summed E-state index contributed by atoms with van der Waals surface area (Å²) in [6.45, 7) is 0. The van der Waals surface area contributed by atoms with Crippen molar-refractivity contribution in [3.05, 3.63) is 53.1 Å². The molecule has 4 N–H and O–H groups in total. The zero-order valence-corrected chi connectivity index (χ0v) is 20.7. The predicted molar refractivity (Wildman–Crippen MR) is 128 cm³/mol. The Bertz CT molecular complexity index is 1340. The molecule has 182 valence electrons. The summed E-state index contributed by atoms with van der Waals surface area (Å²) in [7, 11) is -7.83. The highest BCUT2D eigenvalue weighted by Gasteiger charge is 2.52. The highest BCUT2D eigenvalue weighted by Crippen LogP contribution is 2.56. The number of amides is 1.